The fourth-order valence-corrected chi connectivity index (χ4v) is 5.17. The van der Waals surface area contributed by atoms with Crippen molar-refractivity contribution in [3.05, 3.63) is 63.3 Å². The van der Waals surface area contributed by atoms with E-state index in [1.807, 2.05) is 24.3 Å². The second-order valence-electron chi connectivity index (χ2n) is 9.00. The molecule has 1 aliphatic carbocycles. The number of fused-ring (bicyclic) bond motifs is 1. The zero-order valence-corrected chi connectivity index (χ0v) is 19.8. The minimum Gasteiger partial charge on any atom is -0.457 e. The summed E-state index contributed by atoms with van der Waals surface area (Å²) in [5.41, 5.74) is 2.00. The summed E-state index contributed by atoms with van der Waals surface area (Å²) in [7, 11) is 0. The Balaban J connectivity index is 1.49. The Morgan fingerprint density at radius 1 is 1.31 bits per heavy atom. The smallest absolute Gasteiger partial charge is 0.268 e. The lowest BCUT2D eigenvalue weighted by molar-refractivity contribution is -0.112. The Morgan fingerprint density at radius 3 is 2.81 bits per heavy atom. The molecule has 5 nitrogen and oxygen atoms in total. The maximum Gasteiger partial charge on any atom is 0.268 e. The highest BCUT2D eigenvalue weighted by Gasteiger charge is 2.31. The number of nitrogens with zero attached hydrogens (tertiary/aromatic N) is 2. The zero-order valence-electron chi connectivity index (χ0n) is 18.2. The number of benzene rings is 1. The van der Waals surface area contributed by atoms with E-state index in [-0.39, 0.29) is 11.0 Å². The van der Waals surface area contributed by atoms with E-state index in [9.17, 15) is 10.1 Å². The van der Waals surface area contributed by atoms with Crippen LogP contribution in [0.1, 0.15) is 43.5 Å². The van der Waals surface area contributed by atoms with Crippen LogP contribution in [0.3, 0.4) is 0 Å². The number of nitriles is 1. The molecule has 32 heavy (non-hydrogen) atoms. The Bertz CT molecular complexity index is 1230. The number of hydrogen-bond acceptors (Lipinski definition) is 5. The molecule has 2 heterocycles. The number of aryl methyl sites for hydroxylation is 1. The van der Waals surface area contributed by atoms with Gasteiger partial charge in [-0.1, -0.05) is 44.5 Å². The number of aromatic nitrogens is 1. The topological polar surface area (TPSA) is 78.9 Å². The molecule has 0 aliphatic heterocycles. The lowest BCUT2D eigenvalue weighted by atomic mass is 9.73. The maximum atomic E-state index is 12.7. The number of hydrogen-bond donors (Lipinski definition) is 1. The largest absolute Gasteiger partial charge is 0.457 e. The number of halogens is 1. The molecular formula is C25H24ClN3O2S. The first-order valence-corrected chi connectivity index (χ1v) is 11.7. The van der Waals surface area contributed by atoms with Gasteiger partial charge in [0, 0.05) is 16.5 Å². The van der Waals surface area contributed by atoms with Crippen molar-refractivity contribution in [2.75, 3.05) is 5.32 Å². The molecule has 1 N–H and O–H groups in total. The monoisotopic (exact) mass is 465 g/mol. The van der Waals surface area contributed by atoms with Crippen LogP contribution in [0.15, 0.2) is 46.4 Å². The van der Waals surface area contributed by atoms with Crippen molar-refractivity contribution in [1.29, 1.82) is 5.26 Å². The highest BCUT2D eigenvalue weighted by atomic mass is 35.5. The number of nitrogens with one attached hydrogen (secondary N) is 1. The summed E-state index contributed by atoms with van der Waals surface area (Å²) in [4.78, 5) is 18.5. The molecule has 2 aromatic heterocycles. The standard InChI is InChI=1S/C25H24ClN3O2S/c1-25(2,3)16-8-10-20-22(13-16)32-24(28-20)29-23(30)15(14-27)12-17-9-11-21(31-17)18-6-4-5-7-19(18)26/h4-7,9,11-12,16H,8,10,13H2,1-3H3,(H,28,29,30)/b15-12+/t16-/m0/s1. The second-order valence-corrected chi connectivity index (χ2v) is 10.5. The molecule has 1 amide bonds. The van der Waals surface area contributed by atoms with E-state index in [1.54, 1.807) is 18.2 Å². The lowest BCUT2D eigenvalue weighted by Gasteiger charge is -2.33. The molecule has 0 bridgehead atoms. The van der Waals surface area contributed by atoms with Gasteiger partial charge in [0.15, 0.2) is 5.13 Å². The van der Waals surface area contributed by atoms with Crippen molar-refractivity contribution in [1.82, 2.24) is 4.98 Å². The molecule has 164 valence electrons. The summed E-state index contributed by atoms with van der Waals surface area (Å²) >= 11 is 7.72. The van der Waals surface area contributed by atoms with E-state index >= 15 is 0 Å². The van der Waals surface area contributed by atoms with Gasteiger partial charge in [-0.25, -0.2) is 4.98 Å². The predicted molar refractivity (Wildman–Crippen MR) is 128 cm³/mol. The van der Waals surface area contributed by atoms with E-state index in [0.29, 0.717) is 27.6 Å². The van der Waals surface area contributed by atoms with Gasteiger partial charge in [-0.15, -0.1) is 11.3 Å². The summed E-state index contributed by atoms with van der Waals surface area (Å²) in [6.45, 7) is 6.80. The minimum atomic E-state index is -0.498. The number of thiazole rings is 1. The molecule has 1 atom stereocenters. The molecule has 0 radical (unpaired) electrons. The summed E-state index contributed by atoms with van der Waals surface area (Å²) in [5.74, 6) is 1.07. The van der Waals surface area contributed by atoms with Crippen molar-refractivity contribution in [3.8, 4) is 17.4 Å². The third-order valence-electron chi connectivity index (χ3n) is 5.80. The Hall–Kier alpha value is -2.88. The van der Waals surface area contributed by atoms with Crippen molar-refractivity contribution >= 4 is 40.1 Å². The van der Waals surface area contributed by atoms with Crippen LogP contribution in [-0.4, -0.2) is 10.9 Å². The highest BCUT2D eigenvalue weighted by molar-refractivity contribution is 7.15. The Kier molecular flexibility index (Phi) is 6.23. The quantitative estimate of drug-likeness (QED) is 0.341. The van der Waals surface area contributed by atoms with Gasteiger partial charge < -0.3 is 4.42 Å². The molecule has 1 aliphatic rings. The lowest BCUT2D eigenvalue weighted by Crippen LogP contribution is -2.26. The van der Waals surface area contributed by atoms with Crippen LogP contribution in [0.5, 0.6) is 0 Å². The van der Waals surface area contributed by atoms with Gasteiger partial charge in [0.2, 0.25) is 0 Å². The fraction of sp³-hybridized carbons (Fsp3) is 0.320. The molecular weight excluding hydrogens is 442 g/mol. The van der Waals surface area contributed by atoms with Crippen molar-refractivity contribution in [2.24, 2.45) is 11.3 Å². The molecule has 0 saturated heterocycles. The highest BCUT2D eigenvalue weighted by Crippen LogP contribution is 2.40. The maximum absolute atomic E-state index is 12.7. The number of anilines is 1. The molecule has 1 aromatic carbocycles. The second kappa shape index (κ2) is 8.93. The van der Waals surface area contributed by atoms with Crippen LogP contribution in [0.2, 0.25) is 5.02 Å². The number of amides is 1. The fourth-order valence-electron chi connectivity index (χ4n) is 3.86. The summed E-state index contributed by atoms with van der Waals surface area (Å²) in [5, 5.41) is 13.4. The van der Waals surface area contributed by atoms with Gasteiger partial charge in [0.25, 0.3) is 5.91 Å². The number of carbonyl (C=O) groups excluding carboxylic acids is 1. The number of furan rings is 1. The Labute approximate surface area is 196 Å². The van der Waals surface area contributed by atoms with Crippen molar-refractivity contribution in [3.63, 3.8) is 0 Å². The average Bonchev–Trinajstić information content (AvgIpc) is 3.37. The van der Waals surface area contributed by atoms with Crippen molar-refractivity contribution < 1.29 is 9.21 Å². The summed E-state index contributed by atoms with van der Waals surface area (Å²) in [6.07, 6.45) is 4.42. The number of carbonyl (C=O) groups is 1. The summed E-state index contributed by atoms with van der Waals surface area (Å²) in [6, 6.07) is 12.8. The van der Waals surface area contributed by atoms with Gasteiger partial charge in [-0.3, -0.25) is 10.1 Å². The van der Waals surface area contributed by atoms with E-state index < -0.39 is 5.91 Å². The van der Waals surface area contributed by atoms with Gasteiger partial charge in [-0.2, -0.15) is 5.26 Å². The first-order valence-electron chi connectivity index (χ1n) is 10.5. The molecule has 0 fully saturated rings. The van der Waals surface area contributed by atoms with Crippen LogP contribution in [0.25, 0.3) is 17.4 Å². The summed E-state index contributed by atoms with van der Waals surface area (Å²) < 4.78 is 5.79. The van der Waals surface area contributed by atoms with E-state index in [4.69, 9.17) is 16.0 Å². The third-order valence-corrected chi connectivity index (χ3v) is 7.17. The first-order chi connectivity index (χ1) is 15.2. The van der Waals surface area contributed by atoms with Crippen LogP contribution in [-0.2, 0) is 17.6 Å². The minimum absolute atomic E-state index is 0.0502. The first kappa shape index (κ1) is 22.3. The van der Waals surface area contributed by atoms with Gasteiger partial charge in [-0.05, 0) is 54.9 Å². The van der Waals surface area contributed by atoms with Crippen LogP contribution >= 0.6 is 22.9 Å². The van der Waals surface area contributed by atoms with Crippen molar-refractivity contribution in [2.45, 2.75) is 40.0 Å². The average molecular weight is 466 g/mol. The molecule has 3 aromatic rings. The van der Waals surface area contributed by atoms with Crippen LogP contribution < -0.4 is 5.32 Å². The van der Waals surface area contributed by atoms with Gasteiger partial charge in [0.05, 0.1) is 10.7 Å². The SMILES string of the molecule is CC(C)(C)[C@H]1CCc2nc(NC(=O)/C(C#N)=C/c3ccc(-c4ccccc4Cl)o3)sc2C1. The van der Waals surface area contributed by atoms with E-state index in [1.165, 1.54) is 22.3 Å². The van der Waals surface area contributed by atoms with Crippen LogP contribution in [0, 0.1) is 22.7 Å². The van der Waals surface area contributed by atoms with Gasteiger partial charge >= 0.3 is 0 Å². The molecule has 0 unspecified atom stereocenters. The molecule has 4 rings (SSSR count). The molecule has 0 saturated carbocycles. The zero-order chi connectivity index (χ0) is 22.9. The van der Waals surface area contributed by atoms with Crippen LogP contribution in [0.4, 0.5) is 5.13 Å². The number of rotatable bonds is 4. The van der Waals surface area contributed by atoms with E-state index in [0.717, 1.165) is 30.5 Å². The predicted octanol–water partition coefficient (Wildman–Crippen LogP) is 6.75. The molecule has 7 heteroatoms. The van der Waals surface area contributed by atoms with E-state index in [2.05, 4.69) is 31.1 Å². The molecule has 0 spiro atoms. The third kappa shape index (κ3) is 4.79. The van der Waals surface area contributed by atoms with Gasteiger partial charge in [0.1, 0.15) is 23.2 Å². The normalized spacial score (nSPS) is 16.3. The Morgan fingerprint density at radius 2 is 2.09 bits per heavy atom.